The Hall–Kier alpha value is -2.92. The average Bonchev–Trinajstić information content (AvgIpc) is 3.10. The minimum absolute atomic E-state index is 0.105. The van der Waals surface area contributed by atoms with E-state index in [1.165, 1.54) is 6.33 Å². The Morgan fingerprint density at radius 2 is 2.04 bits per heavy atom. The highest BCUT2D eigenvalue weighted by atomic mass is 35.5. The van der Waals surface area contributed by atoms with Crippen molar-refractivity contribution in [3.63, 3.8) is 0 Å². The third kappa shape index (κ3) is 3.78. The number of aryl methyl sites for hydroxylation is 1. The number of benzene rings is 2. The zero-order chi connectivity index (χ0) is 18.8. The van der Waals surface area contributed by atoms with E-state index in [1.807, 2.05) is 37.3 Å². The van der Waals surface area contributed by atoms with Crippen molar-refractivity contribution in [3.8, 4) is 16.9 Å². The van der Waals surface area contributed by atoms with E-state index in [-0.39, 0.29) is 12.0 Å². The molecule has 2 heterocycles. The summed E-state index contributed by atoms with van der Waals surface area (Å²) in [6.07, 6.45) is 5.54. The minimum Gasteiger partial charge on any atom is -0.486 e. The van der Waals surface area contributed by atoms with Crippen LogP contribution < -0.4 is 10.1 Å². The van der Waals surface area contributed by atoms with E-state index >= 15 is 0 Å². The molecule has 6 heteroatoms. The number of hydrogen-bond acceptors (Lipinski definition) is 4. The van der Waals surface area contributed by atoms with E-state index in [1.54, 1.807) is 18.5 Å². The van der Waals surface area contributed by atoms with Crippen molar-refractivity contribution in [2.24, 2.45) is 0 Å². The van der Waals surface area contributed by atoms with Crippen LogP contribution >= 0.6 is 11.6 Å². The normalized spacial score (nSPS) is 15.1. The summed E-state index contributed by atoms with van der Waals surface area (Å²) in [5.74, 6) is 0.582. The van der Waals surface area contributed by atoms with Crippen LogP contribution in [0, 0.1) is 6.92 Å². The van der Waals surface area contributed by atoms with Gasteiger partial charge in [-0.3, -0.25) is 4.79 Å². The predicted octanol–water partition coefficient (Wildman–Crippen LogP) is 3.84. The Balaban J connectivity index is 1.45. The number of rotatable bonds is 4. The molecule has 1 aliphatic rings. The smallest absolute Gasteiger partial charge is 0.251 e. The Labute approximate surface area is 162 Å². The van der Waals surface area contributed by atoms with Crippen LogP contribution in [0.4, 0.5) is 0 Å². The molecule has 0 saturated heterocycles. The second-order valence-corrected chi connectivity index (χ2v) is 7.00. The fourth-order valence-corrected chi connectivity index (χ4v) is 3.49. The van der Waals surface area contributed by atoms with Crippen molar-refractivity contribution >= 4 is 17.5 Å². The predicted molar refractivity (Wildman–Crippen MR) is 104 cm³/mol. The van der Waals surface area contributed by atoms with E-state index in [9.17, 15) is 4.79 Å². The van der Waals surface area contributed by atoms with Gasteiger partial charge in [0.05, 0.1) is 11.6 Å². The van der Waals surface area contributed by atoms with Crippen molar-refractivity contribution in [3.05, 3.63) is 76.8 Å². The fourth-order valence-electron chi connectivity index (χ4n) is 3.21. The molecule has 5 nitrogen and oxygen atoms in total. The van der Waals surface area contributed by atoms with Gasteiger partial charge in [-0.1, -0.05) is 29.3 Å². The average molecular weight is 380 g/mol. The van der Waals surface area contributed by atoms with Crippen molar-refractivity contribution in [1.29, 1.82) is 0 Å². The summed E-state index contributed by atoms with van der Waals surface area (Å²) in [5.41, 5.74) is 4.58. The van der Waals surface area contributed by atoms with Crippen LogP contribution in [0.2, 0.25) is 5.02 Å². The standard InChI is InChI=1S/C21H18ClN3O2/c1-13-3-2-4-14(5-13)21(26)25-11-18-7-16-6-15(8-19(22)20(16)27-18)17-9-23-12-24-10-17/h2-6,8-10,12,18H,7,11H2,1H3,(H,25,26)/t18-/m1/s1. The number of fused-ring (bicyclic) bond motifs is 1. The first-order chi connectivity index (χ1) is 13.1. The maximum atomic E-state index is 12.3. The summed E-state index contributed by atoms with van der Waals surface area (Å²) < 4.78 is 5.96. The van der Waals surface area contributed by atoms with Gasteiger partial charge >= 0.3 is 0 Å². The highest BCUT2D eigenvalue weighted by molar-refractivity contribution is 6.32. The summed E-state index contributed by atoms with van der Waals surface area (Å²) >= 11 is 6.41. The molecule has 0 spiro atoms. The number of carbonyl (C=O) groups excluding carboxylic acids is 1. The molecule has 3 aromatic rings. The van der Waals surface area contributed by atoms with Gasteiger partial charge in [0.1, 0.15) is 18.2 Å². The molecule has 0 radical (unpaired) electrons. The SMILES string of the molecule is Cc1cccc(C(=O)NC[C@H]2Cc3cc(-c4cncnc4)cc(Cl)c3O2)c1. The first kappa shape index (κ1) is 17.5. The topological polar surface area (TPSA) is 64.1 Å². The van der Waals surface area contributed by atoms with E-state index in [0.29, 0.717) is 29.3 Å². The second kappa shape index (κ2) is 7.37. The molecular weight excluding hydrogens is 362 g/mol. The fraction of sp³-hybridized carbons (Fsp3) is 0.190. The van der Waals surface area contributed by atoms with Gasteiger partial charge in [-0.05, 0) is 36.8 Å². The molecule has 1 aromatic heterocycles. The van der Waals surface area contributed by atoms with Gasteiger partial charge in [0.15, 0.2) is 0 Å². The zero-order valence-corrected chi connectivity index (χ0v) is 15.5. The van der Waals surface area contributed by atoms with Crippen molar-refractivity contribution in [2.45, 2.75) is 19.4 Å². The highest BCUT2D eigenvalue weighted by Gasteiger charge is 2.26. The molecule has 4 rings (SSSR count). The molecule has 0 unspecified atom stereocenters. The van der Waals surface area contributed by atoms with Gasteiger partial charge in [-0.15, -0.1) is 0 Å². The van der Waals surface area contributed by atoms with Gasteiger partial charge in [-0.25, -0.2) is 9.97 Å². The summed E-state index contributed by atoms with van der Waals surface area (Å²) in [6, 6.07) is 11.4. The lowest BCUT2D eigenvalue weighted by atomic mass is 10.0. The third-order valence-corrected chi connectivity index (χ3v) is 4.80. The molecule has 0 aliphatic carbocycles. The minimum atomic E-state index is -0.145. The molecule has 0 fully saturated rings. The van der Waals surface area contributed by atoms with Crippen molar-refractivity contribution in [1.82, 2.24) is 15.3 Å². The molecule has 27 heavy (non-hydrogen) atoms. The highest BCUT2D eigenvalue weighted by Crippen LogP contribution is 2.39. The quantitative estimate of drug-likeness (QED) is 0.748. The first-order valence-electron chi connectivity index (χ1n) is 8.69. The Kier molecular flexibility index (Phi) is 4.77. The summed E-state index contributed by atoms with van der Waals surface area (Å²) in [4.78, 5) is 20.4. The molecule has 1 N–H and O–H groups in total. The second-order valence-electron chi connectivity index (χ2n) is 6.60. The Morgan fingerprint density at radius 1 is 1.22 bits per heavy atom. The van der Waals surface area contributed by atoms with Crippen LogP contribution in [-0.4, -0.2) is 28.5 Å². The van der Waals surface area contributed by atoms with Crippen LogP contribution in [0.15, 0.2) is 55.1 Å². The molecule has 136 valence electrons. The summed E-state index contributed by atoms with van der Waals surface area (Å²) in [5, 5.41) is 3.50. The molecule has 0 saturated carbocycles. The first-order valence-corrected chi connectivity index (χ1v) is 9.07. The van der Waals surface area contributed by atoms with Gasteiger partial charge < -0.3 is 10.1 Å². The van der Waals surface area contributed by atoms with Crippen molar-refractivity contribution < 1.29 is 9.53 Å². The maximum absolute atomic E-state index is 12.3. The van der Waals surface area contributed by atoms with Crippen LogP contribution in [0.25, 0.3) is 11.1 Å². The van der Waals surface area contributed by atoms with E-state index < -0.39 is 0 Å². The summed E-state index contributed by atoms with van der Waals surface area (Å²) in [7, 11) is 0. The lowest BCUT2D eigenvalue weighted by molar-refractivity contribution is 0.0933. The molecule has 1 aliphatic heterocycles. The Morgan fingerprint density at radius 3 is 2.81 bits per heavy atom. The van der Waals surface area contributed by atoms with E-state index in [0.717, 1.165) is 22.3 Å². The van der Waals surface area contributed by atoms with Gasteiger partial charge in [0.25, 0.3) is 5.91 Å². The number of amides is 1. The molecule has 1 amide bonds. The van der Waals surface area contributed by atoms with Crippen molar-refractivity contribution in [2.75, 3.05) is 6.54 Å². The number of nitrogens with zero attached hydrogens (tertiary/aromatic N) is 2. The van der Waals surface area contributed by atoms with E-state index in [4.69, 9.17) is 16.3 Å². The maximum Gasteiger partial charge on any atom is 0.251 e. The molecule has 2 aromatic carbocycles. The zero-order valence-electron chi connectivity index (χ0n) is 14.8. The number of hydrogen-bond donors (Lipinski definition) is 1. The van der Waals surface area contributed by atoms with Crippen LogP contribution in [0.1, 0.15) is 21.5 Å². The van der Waals surface area contributed by atoms with Crippen LogP contribution in [-0.2, 0) is 6.42 Å². The number of aromatic nitrogens is 2. The van der Waals surface area contributed by atoms with Gasteiger partial charge in [0, 0.05) is 35.5 Å². The third-order valence-electron chi connectivity index (χ3n) is 4.52. The van der Waals surface area contributed by atoms with E-state index in [2.05, 4.69) is 15.3 Å². The number of ether oxygens (including phenoxy) is 1. The van der Waals surface area contributed by atoms with Gasteiger partial charge in [-0.2, -0.15) is 0 Å². The van der Waals surface area contributed by atoms with Gasteiger partial charge in [0.2, 0.25) is 0 Å². The number of carbonyl (C=O) groups is 1. The number of halogens is 1. The monoisotopic (exact) mass is 379 g/mol. The largest absolute Gasteiger partial charge is 0.486 e. The lowest BCUT2D eigenvalue weighted by Crippen LogP contribution is -2.34. The lowest BCUT2D eigenvalue weighted by Gasteiger charge is -2.12. The Bertz CT molecular complexity index is 992. The number of nitrogens with one attached hydrogen (secondary N) is 1. The molecule has 0 bridgehead atoms. The van der Waals surface area contributed by atoms with Crippen LogP contribution in [0.3, 0.4) is 0 Å². The molecular formula is C21H18ClN3O2. The summed E-state index contributed by atoms with van der Waals surface area (Å²) in [6.45, 7) is 2.38. The molecule has 1 atom stereocenters. The van der Waals surface area contributed by atoms with Crippen LogP contribution in [0.5, 0.6) is 5.75 Å².